The molecule has 0 aliphatic heterocycles. The van der Waals surface area contributed by atoms with Crippen LogP contribution in [-0.4, -0.2) is 16.0 Å². The van der Waals surface area contributed by atoms with Gasteiger partial charge in [0.1, 0.15) is 0 Å². The summed E-state index contributed by atoms with van der Waals surface area (Å²) in [5.74, 6) is 0. The third-order valence-electron chi connectivity index (χ3n) is 2.85. The molecule has 0 atom stereocenters. The molecular formula is C14H19N3S. The summed E-state index contributed by atoms with van der Waals surface area (Å²) in [6.07, 6.45) is 2.09. The van der Waals surface area contributed by atoms with Gasteiger partial charge in [0, 0.05) is 17.1 Å². The maximum Gasteiger partial charge on any atom is 0.0597 e. The number of benzene rings is 1. The summed E-state index contributed by atoms with van der Waals surface area (Å²) in [5, 5.41) is 7.87. The fourth-order valence-corrected chi connectivity index (χ4v) is 2.32. The van der Waals surface area contributed by atoms with Gasteiger partial charge in [-0.25, -0.2) is 0 Å². The van der Waals surface area contributed by atoms with Gasteiger partial charge in [-0.2, -0.15) is 5.10 Å². The number of anilines is 1. The zero-order chi connectivity index (χ0) is 13.0. The number of nitrogens with one attached hydrogen (secondary N) is 1. The zero-order valence-electron chi connectivity index (χ0n) is 11.1. The topological polar surface area (TPSA) is 29.9 Å². The Hall–Kier alpha value is -1.42. The predicted molar refractivity (Wildman–Crippen MR) is 78.2 cm³/mol. The van der Waals surface area contributed by atoms with E-state index >= 15 is 0 Å². The molecule has 1 aromatic carbocycles. The minimum absolute atomic E-state index is 0.813. The Balaban J connectivity index is 2.01. The van der Waals surface area contributed by atoms with E-state index in [0.717, 1.165) is 24.5 Å². The average molecular weight is 261 g/mol. The van der Waals surface area contributed by atoms with Crippen LogP contribution in [0.1, 0.15) is 18.3 Å². The second-order valence-electron chi connectivity index (χ2n) is 4.17. The number of aromatic nitrogens is 2. The highest BCUT2D eigenvalue weighted by Gasteiger charge is 2.03. The van der Waals surface area contributed by atoms with Crippen molar-refractivity contribution >= 4 is 17.4 Å². The SMILES string of the molecule is CCn1nc(C)cc1CNc1ccc(SC)cc1. The Labute approximate surface area is 113 Å². The molecule has 0 saturated carbocycles. The van der Waals surface area contributed by atoms with E-state index in [9.17, 15) is 0 Å². The van der Waals surface area contributed by atoms with Crippen LogP contribution in [0.5, 0.6) is 0 Å². The van der Waals surface area contributed by atoms with Gasteiger partial charge in [-0.15, -0.1) is 11.8 Å². The van der Waals surface area contributed by atoms with Crippen LogP contribution in [0, 0.1) is 6.92 Å². The van der Waals surface area contributed by atoms with Gasteiger partial charge in [-0.3, -0.25) is 4.68 Å². The largest absolute Gasteiger partial charge is 0.379 e. The molecule has 0 amide bonds. The molecule has 1 heterocycles. The number of thioether (sulfide) groups is 1. The lowest BCUT2D eigenvalue weighted by Gasteiger charge is -2.08. The van der Waals surface area contributed by atoms with Crippen molar-refractivity contribution in [2.75, 3.05) is 11.6 Å². The van der Waals surface area contributed by atoms with Crippen LogP contribution in [0.3, 0.4) is 0 Å². The van der Waals surface area contributed by atoms with Gasteiger partial charge >= 0.3 is 0 Å². The highest BCUT2D eigenvalue weighted by atomic mass is 32.2. The second kappa shape index (κ2) is 5.96. The minimum Gasteiger partial charge on any atom is -0.379 e. The van der Waals surface area contributed by atoms with E-state index in [1.165, 1.54) is 10.6 Å². The number of rotatable bonds is 5. The minimum atomic E-state index is 0.813. The quantitative estimate of drug-likeness (QED) is 0.835. The molecule has 3 nitrogen and oxygen atoms in total. The van der Waals surface area contributed by atoms with Gasteiger partial charge in [0.05, 0.1) is 17.9 Å². The monoisotopic (exact) mass is 261 g/mol. The summed E-state index contributed by atoms with van der Waals surface area (Å²) >= 11 is 1.76. The predicted octanol–water partition coefficient (Wildman–Crippen LogP) is 3.55. The normalized spacial score (nSPS) is 10.6. The molecule has 0 aliphatic rings. The first-order chi connectivity index (χ1) is 8.72. The highest BCUT2D eigenvalue weighted by molar-refractivity contribution is 7.98. The maximum absolute atomic E-state index is 4.44. The molecule has 0 fully saturated rings. The summed E-state index contributed by atoms with van der Waals surface area (Å²) in [4.78, 5) is 1.29. The van der Waals surface area contributed by atoms with Crippen molar-refractivity contribution in [1.29, 1.82) is 0 Å². The van der Waals surface area contributed by atoms with Crippen LogP contribution in [0.15, 0.2) is 35.2 Å². The fourth-order valence-electron chi connectivity index (χ4n) is 1.92. The summed E-state index contributed by atoms with van der Waals surface area (Å²) in [5.41, 5.74) is 3.45. The Morgan fingerprint density at radius 2 is 2.00 bits per heavy atom. The Bertz CT molecular complexity index is 502. The molecule has 0 aliphatic carbocycles. The fraction of sp³-hybridized carbons (Fsp3) is 0.357. The molecule has 4 heteroatoms. The third-order valence-corrected chi connectivity index (χ3v) is 3.59. The van der Waals surface area contributed by atoms with Crippen LogP contribution >= 0.6 is 11.8 Å². The molecule has 2 rings (SSSR count). The van der Waals surface area contributed by atoms with E-state index < -0.39 is 0 Å². The standard InChI is InChI=1S/C14H19N3S/c1-4-17-13(9-11(2)16-17)10-15-12-5-7-14(18-3)8-6-12/h5-9,15H,4,10H2,1-3H3. The smallest absolute Gasteiger partial charge is 0.0597 e. The zero-order valence-corrected chi connectivity index (χ0v) is 11.9. The van der Waals surface area contributed by atoms with Gasteiger partial charge < -0.3 is 5.32 Å². The average Bonchev–Trinajstić information content (AvgIpc) is 2.77. The van der Waals surface area contributed by atoms with E-state index in [2.05, 4.69) is 53.9 Å². The second-order valence-corrected chi connectivity index (χ2v) is 5.05. The molecule has 18 heavy (non-hydrogen) atoms. The Morgan fingerprint density at radius 3 is 2.61 bits per heavy atom. The molecule has 1 N–H and O–H groups in total. The Kier molecular flexibility index (Phi) is 4.31. The first kappa shape index (κ1) is 13.0. The third kappa shape index (κ3) is 3.07. The van der Waals surface area contributed by atoms with Crippen LogP contribution in [0.25, 0.3) is 0 Å². The number of hydrogen-bond donors (Lipinski definition) is 1. The van der Waals surface area contributed by atoms with E-state index in [-0.39, 0.29) is 0 Å². The van der Waals surface area contributed by atoms with Gasteiger partial charge in [0.25, 0.3) is 0 Å². The van der Waals surface area contributed by atoms with Crippen LogP contribution < -0.4 is 5.32 Å². The summed E-state index contributed by atoms with van der Waals surface area (Å²) in [6, 6.07) is 10.6. The van der Waals surface area contributed by atoms with Crippen molar-refractivity contribution in [3.8, 4) is 0 Å². The highest BCUT2D eigenvalue weighted by Crippen LogP contribution is 2.18. The maximum atomic E-state index is 4.44. The number of nitrogens with zero attached hydrogens (tertiary/aromatic N) is 2. The molecule has 96 valence electrons. The van der Waals surface area contributed by atoms with Crippen molar-refractivity contribution < 1.29 is 0 Å². The van der Waals surface area contributed by atoms with Crippen LogP contribution in [0.2, 0.25) is 0 Å². The summed E-state index contributed by atoms with van der Waals surface area (Å²) in [7, 11) is 0. The molecule has 1 aromatic heterocycles. The van der Waals surface area contributed by atoms with Gasteiger partial charge in [0.15, 0.2) is 0 Å². The van der Waals surface area contributed by atoms with Crippen molar-refractivity contribution in [2.45, 2.75) is 31.8 Å². The lowest BCUT2D eigenvalue weighted by molar-refractivity contribution is 0.623. The summed E-state index contributed by atoms with van der Waals surface area (Å²) in [6.45, 7) is 5.87. The first-order valence-corrected chi connectivity index (χ1v) is 7.36. The van der Waals surface area contributed by atoms with E-state index in [4.69, 9.17) is 0 Å². The van der Waals surface area contributed by atoms with E-state index in [0.29, 0.717) is 0 Å². The molecule has 0 unspecified atom stereocenters. The van der Waals surface area contributed by atoms with Gasteiger partial charge in [0.2, 0.25) is 0 Å². The lowest BCUT2D eigenvalue weighted by atomic mass is 10.3. The Morgan fingerprint density at radius 1 is 1.28 bits per heavy atom. The van der Waals surface area contributed by atoms with Gasteiger partial charge in [-0.1, -0.05) is 0 Å². The lowest BCUT2D eigenvalue weighted by Crippen LogP contribution is -2.07. The van der Waals surface area contributed by atoms with E-state index in [1.54, 1.807) is 11.8 Å². The van der Waals surface area contributed by atoms with Gasteiger partial charge in [-0.05, 0) is 50.4 Å². The first-order valence-electron chi connectivity index (χ1n) is 6.14. The summed E-state index contributed by atoms with van der Waals surface area (Å²) < 4.78 is 2.04. The van der Waals surface area contributed by atoms with Crippen molar-refractivity contribution in [1.82, 2.24) is 9.78 Å². The van der Waals surface area contributed by atoms with Crippen molar-refractivity contribution in [3.05, 3.63) is 41.7 Å². The number of hydrogen-bond acceptors (Lipinski definition) is 3. The molecule has 0 saturated heterocycles. The number of aryl methyl sites for hydroxylation is 2. The van der Waals surface area contributed by atoms with Crippen molar-refractivity contribution in [3.63, 3.8) is 0 Å². The molecular weight excluding hydrogens is 242 g/mol. The van der Waals surface area contributed by atoms with Crippen molar-refractivity contribution in [2.24, 2.45) is 0 Å². The molecule has 0 bridgehead atoms. The molecule has 2 aromatic rings. The van der Waals surface area contributed by atoms with Crippen LogP contribution in [-0.2, 0) is 13.1 Å². The molecule has 0 radical (unpaired) electrons. The van der Waals surface area contributed by atoms with E-state index in [1.807, 2.05) is 11.6 Å². The molecule has 0 spiro atoms. The van der Waals surface area contributed by atoms with Crippen LogP contribution in [0.4, 0.5) is 5.69 Å².